The zero-order valence-electron chi connectivity index (χ0n) is 15.7. The Morgan fingerprint density at radius 3 is 2.30 bits per heavy atom. The lowest BCUT2D eigenvalue weighted by molar-refractivity contribution is -0.120. The van der Waals surface area contributed by atoms with Gasteiger partial charge in [0.15, 0.2) is 0 Å². The number of amides is 1. The quantitative estimate of drug-likeness (QED) is 0.717. The molecule has 3 rings (SSSR count). The van der Waals surface area contributed by atoms with Gasteiger partial charge in [-0.05, 0) is 37.1 Å². The van der Waals surface area contributed by atoms with Crippen LogP contribution in [0.1, 0.15) is 12.8 Å². The van der Waals surface area contributed by atoms with Gasteiger partial charge in [-0.25, -0.2) is 16.8 Å². The SMILES string of the molecule is O=C(Nc1ccccc1S(=O)(=O)C(F)F)C1CCCN(S(=O)(=O)c2ccccc2)C1. The van der Waals surface area contributed by atoms with Crippen molar-refractivity contribution in [3.05, 3.63) is 54.6 Å². The molecule has 162 valence electrons. The lowest BCUT2D eigenvalue weighted by atomic mass is 9.99. The van der Waals surface area contributed by atoms with Gasteiger partial charge >= 0.3 is 5.76 Å². The molecule has 0 aliphatic carbocycles. The molecule has 1 amide bonds. The molecular formula is C19H20F2N2O5S2. The van der Waals surface area contributed by atoms with E-state index in [1.807, 2.05) is 0 Å². The summed E-state index contributed by atoms with van der Waals surface area (Å²) in [5.74, 6) is -5.00. The number of rotatable bonds is 6. The molecule has 1 aliphatic rings. The van der Waals surface area contributed by atoms with Gasteiger partial charge in [0.2, 0.25) is 25.8 Å². The minimum Gasteiger partial charge on any atom is -0.325 e. The van der Waals surface area contributed by atoms with Crippen LogP contribution in [-0.2, 0) is 24.7 Å². The Morgan fingerprint density at radius 2 is 1.63 bits per heavy atom. The predicted molar refractivity (Wildman–Crippen MR) is 106 cm³/mol. The highest BCUT2D eigenvalue weighted by Gasteiger charge is 2.34. The molecule has 0 saturated carbocycles. The summed E-state index contributed by atoms with van der Waals surface area (Å²) in [6, 6.07) is 12.7. The first kappa shape index (κ1) is 22.3. The number of piperidine rings is 1. The van der Waals surface area contributed by atoms with Crippen molar-refractivity contribution >= 4 is 31.5 Å². The lowest BCUT2D eigenvalue weighted by Crippen LogP contribution is -2.43. The van der Waals surface area contributed by atoms with Gasteiger partial charge < -0.3 is 5.32 Å². The van der Waals surface area contributed by atoms with Crippen LogP contribution in [0.5, 0.6) is 0 Å². The fraction of sp³-hybridized carbons (Fsp3) is 0.316. The fourth-order valence-electron chi connectivity index (χ4n) is 3.27. The van der Waals surface area contributed by atoms with Crippen LogP contribution < -0.4 is 5.32 Å². The van der Waals surface area contributed by atoms with Crippen molar-refractivity contribution in [1.82, 2.24) is 4.31 Å². The monoisotopic (exact) mass is 458 g/mol. The number of sulfone groups is 1. The maximum atomic E-state index is 12.9. The molecule has 2 aromatic carbocycles. The van der Waals surface area contributed by atoms with Crippen molar-refractivity contribution in [1.29, 1.82) is 0 Å². The van der Waals surface area contributed by atoms with Gasteiger partial charge in [0.25, 0.3) is 0 Å². The largest absolute Gasteiger partial charge is 0.341 e. The minimum atomic E-state index is -4.91. The van der Waals surface area contributed by atoms with Gasteiger partial charge in [-0.3, -0.25) is 4.79 Å². The molecule has 1 fully saturated rings. The summed E-state index contributed by atoms with van der Waals surface area (Å²) in [7, 11) is -8.69. The molecule has 11 heteroatoms. The molecule has 30 heavy (non-hydrogen) atoms. The molecular weight excluding hydrogens is 438 g/mol. The molecule has 2 aromatic rings. The Morgan fingerprint density at radius 1 is 1.00 bits per heavy atom. The summed E-state index contributed by atoms with van der Waals surface area (Å²) in [6.45, 7) is 0.157. The Hall–Kier alpha value is -2.37. The molecule has 1 saturated heterocycles. The van der Waals surface area contributed by atoms with E-state index in [1.54, 1.807) is 18.2 Å². The summed E-state index contributed by atoms with van der Waals surface area (Å²) >= 11 is 0. The zero-order valence-corrected chi connectivity index (χ0v) is 17.4. The number of anilines is 1. The number of sulfonamides is 1. The lowest BCUT2D eigenvalue weighted by Gasteiger charge is -2.31. The van der Waals surface area contributed by atoms with Crippen molar-refractivity contribution in [3.8, 4) is 0 Å². The summed E-state index contributed by atoms with van der Waals surface area (Å²) in [5, 5.41) is 2.38. The van der Waals surface area contributed by atoms with E-state index in [0.29, 0.717) is 12.8 Å². The molecule has 1 unspecified atom stereocenters. The minimum absolute atomic E-state index is 0.0905. The maximum Gasteiger partial charge on any atom is 0.341 e. The van der Waals surface area contributed by atoms with Crippen LogP contribution in [0.2, 0.25) is 0 Å². The molecule has 1 atom stereocenters. The van der Waals surface area contributed by atoms with Gasteiger partial charge in [0.05, 0.1) is 21.4 Å². The van der Waals surface area contributed by atoms with E-state index in [4.69, 9.17) is 0 Å². The summed E-state index contributed by atoms with van der Waals surface area (Å²) in [4.78, 5) is 12.1. The fourth-order valence-corrected chi connectivity index (χ4v) is 5.70. The zero-order chi connectivity index (χ0) is 21.9. The highest BCUT2D eigenvalue weighted by atomic mass is 32.2. The van der Waals surface area contributed by atoms with E-state index in [1.165, 1.54) is 34.6 Å². The molecule has 0 spiro atoms. The topological polar surface area (TPSA) is 101 Å². The molecule has 7 nitrogen and oxygen atoms in total. The summed E-state index contributed by atoms with van der Waals surface area (Å²) in [6.07, 6.45) is 0.817. The maximum absolute atomic E-state index is 12.9. The van der Waals surface area contributed by atoms with Crippen molar-refractivity contribution in [2.45, 2.75) is 28.4 Å². The number of hydrogen-bond donors (Lipinski definition) is 1. The number of alkyl halides is 2. The first-order valence-corrected chi connectivity index (χ1v) is 12.1. The van der Waals surface area contributed by atoms with Crippen LogP contribution in [-0.4, -0.2) is 45.9 Å². The second-order valence-electron chi connectivity index (χ2n) is 6.81. The summed E-state index contributed by atoms with van der Waals surface area (Å²) < 4.78 is 76.4. The second kappa shape index (κ2) is 8.78. The van der Waals surface area contributed by atoms with Crippen LogP contribution in [0.4, 0.5) is 14.5 Å². The number of carbonyl (C=O) groups is 1. The molecule has 0 radical (unpaired) electrons. The smallest absolute Gasteiger partial charge is 0.325 e. The highest BCUT2D eigenvalue weighted by Crippen LogP contribution is 2.28. The van der Waals surface area contributed by atoms with Gasteiger partial charge in [0.1, 0.15) is 0 Å². The second-order valence-corrected chi connectivity index (χ2v) is 10.6. The van der Waals surface area contributed by atoms with E-state index in [9.17, 15) is 30.4 Å². The van der Waals surface area contributed by atoms with Crippen LogP contribution in [0, 0.1) is 5.92 Å². The number of para-hydroxylation sites is 1. The van der Waals surface area contributed by atoms with Gasteiger partial charge in [-0.2, -0.15) is 13.1 Å². The third kappa shape index (κ3) is 4.52. The molecule has 0 bridgehead atoms. The van der Waals surface area contributed by atoms with Crippen molar-refractivity contribution < 1.29 is 30.4 Å². The number of benzene rings is 2. The van der Waals surface area contributed by atoms with E-state index < -0.39 is 42.3 Å². The third-order valence-corrected chi connectivity index (χ3v) is 8.14. The Balaban J connectivity index is 1.79. The van der Waals surface area contributed by atoms with Crippen molar-refractivity contribution in [3.63, 3.8) is 0 Å². The first-order chi connectivity index (χ1) is 14.1. The predicted octanol–water partition coefficient (Wildman–Crippen LogP) is 2.72. The Kier molecular flexibility index (Phi) is 6.53. The molecule has 1 heterocycles. The third-order valence-electron chi connectivity index (χ3n) is 4.82. The standard InChI is InChI=1S/C19H20F2N2O5S2/c20-19(21)29(25,26)17-11-5-4-10-16(17)22-18(24)14-7-6-12-23(13-14)30(27,28)15-8-2-1-3-9-15/h1-5,8-11,14,19H,6-7,12-13H2,(H,22,24). The van der Waals surface area contributed by atoms with Crippen molar-refractivity contribution in [2.24, 2.45) is 5.92 Å². The molecule has 1 aliphatic heterocycles. The average Bonchev–Trinajstić information content (AvgIpc) is 2.74. The van der Waals surface area contributed by atoms with Crippen LogP contribution >= 0.6 is 0 Å². The van der Waals surface area contributed by atoms with E-state index in [-0.39, 0.29) is 23.7 Å². The van der Waals surface area contributed by atoms with Crippen LogP contribution in [0.25, 0.3) is 0 Å². The van der Waals surface area contributed by atoms with Gasteiger partial charge in [-0.1, -0.05) is 30.3 Å². The number of halogens is 2. The van der Waals surface area contributed by atoms with Crippen molar-refractivity contribution in [2.75, 3.05) is 18.4 Å². The number of nitrogens with zero attached hydrogens (tertiary/aromatic N) is 1. The van der Waals surface area contributed by atoms with E-state index in [2.05, 4.69) is 5.32 Å². The Bertz CT molecular complexity index is 1120. The number of nitrogens with one attached hydrogen (secondary N) is 1. The van der Waals surface area contributed by atoms with E-state index in [0.717, 1.165) is 6.07 Å². The molecule has 0 aromatic heterocycles. The van der Waals surface area contributed by atoms with Crippen LogP contribution in [0.15, 0.2) is 64.4 Å². The van der Waals surface area contributed by atoms with E-state index >= 15 is 0 Å². The Labute approximate surface area is 173 Å². The number of hydrogen-bond acceptors (Lipinski definition) is 5. The normalized spacial score (nSPS) is 18.3. The number of carbonyl (C=O) groups excluding carboxylic acids is 1. The molecule has 1 N–H and O–H groups in total. The summed E-state index contributed by atoms with van der Waals surface area (Å²) in [5.41, 5.74) is -0.258. The van der Waals surface area contributed by atoms with Gasteiger partial charge in [-0.15, -0.1) is 0 Å². The van der Waals surface area contributed by atoms with Crippen LogP contribution in [0.3, 0.4) is 0 Å². The highest BCUT2D eigenvalue weighted by molar-refractivity contribution is 7.91. The first-order valence-electron chi connectivity index (χ1n) is 9.11. The average molecular weight is 459 g/mol. The van der Waals surface area contributed by atoms with Gasteiger partial charge in [0, 0.05) is 13.1 Å².